The monoisotopic (exact) mass is 267 g/mol. The van der Waals surface area contributed by atoms with Crippen molar-refractivity contribution in [3.8, 4) is 0 Å². The van der Waals surface area contributed by atoms with Crippen LogP contribution in [-0.2, 0) is 6.42 Å². The third-order valence-electron chi connectivity index (χ3n) is 2.94. The highest BCUT2D eigenvalue weighted by Gasteiger charge is 2.14. The number of nitrogens with one attached hydrogen (secondary N) is 1. The molecule has 0 spiro atoms. The van der Waals surface area contributed by atoms with Crippen molar-refractivity contribution in [3.63, 3.8) is 0 Å². The first kappa shape index (κ1) is 13.1. The molecule has 1 unspecified atom stereocenters. The summed E-state index contributed by atoms with van der Waals surface area (Å²) in [5.74, 6) is 0.649. The van der Waals surface area contributed by atoms with Crippen molar-refractivity contribution in [1.29, 1.82) is 0 Å². The van der Waals surface area contributed by atoms with Crippen LogP contribution in [0.5, 0.6) is 0 Å². The third kappa shape index (κ3) is 3.12. The molecule has 1 atom stereocenters. The van der Waals surface area contributed by atoms with E-state index in [-0.39, 0.29) is 11.9 Å². The Bertz CT molecular complexity index is 499. The molecule has 1 heterocycles. The van der Waals surface area contributed by atoms with Gasteiger partial charge in [0.05, 0.1) is 6.26 Å². The molecule has 4 heteroatoms. The maximum Gasteiger partial charge on any atom is 0.123 e. The van der Waals surface area contributed by atoms with Crippen LogP contribution in [0.25, 0.3) is 0 Å². The lowest BCUT2D eigenvalue weighted by Gasteiger charge is -2.17. The Morgan fingerprint density at radius 3 is 2.89 bits per heavy atom. The summed E-state index contributed by atoms with van der Waals surface area (Å²) >= 11 is 6.10. The fourth-order valence-electron chi connectivity index (χ4n) is 1.98. The third-order valence-corrected chi connectivity index (χ3v) is 3.29. The van der Waals surface area contributed by atoms with Crippen LogP contribution < -0.4 is 5.32 Å². The summed E-state index contributed by atoms with van der Waals surface area (Å²) in [6.07, 6.45) is 3.23. The Morgan fingerprint density at radius 2 is 2.22 bits per heavy atom. The second-order valence-electron chi connectivity index (χ2n) is 4.13. The van der Waals surface area contributed by atoms with Crippen LogP contribution >= 0.6 is 11.6 Å². The van der Waals surface area contributed by atoms with E-state index in [2.05, 4.69) is 5.32 Å². The minimum Gasteiger partial charge on any atom is -0.469 e. The molecule has 0 aliphatic carbocycles. The van der Waals surface area contributed by atoms with Gasteiger partial charge >= 0.3 is 0 Å². The number of benzene rings is 1. The molecule has 2 rings (SSSR count). The van der Waals surface area contributed by atoms with Crippen LogP contribution in [0.15, 0.2) is 41.0 Å². The predicted molar refractivity (Wildman–Crippen MR) is 70.2 cm³/mol. The Balaban J connectivity index is 2.10. The van der Waals surface area contributed by atoms with E-state index < -0.39 is 0 Å². The van der Waals surface area contributed by atoms with Gasteiger partial charge in [-0.3, -0.25) is 0 Å². The fourth-order valence-corrected chi connectivity index (χ4v) is 2.23. The van der Waals surface area contributed by atoms with Crippen LogP contribution in [0.1, 0.15) is 23.8 Å². The molecule has 0 amide bonds. The van der Waals surface area contributed by atoms with Gasteiger partial charge in [-0.05, 0) is 49.4 Å². The lowest BCUT2D eigenvalue weighted by Crippen LogP contribution is -2.17. The molecule has 0 fully saturated rings. The first-order valence-corrected chi connectivity index (χ1v) is 6.23. The molecular formula is C14H15ClFNO. The van der Waals surface area contributed by atoms with Gasteiger partial charge in [-0.25, -0.2) is 4.39 Å². The second kappa shape index (κ2) is 6.03. The fraction of sp³-hybridized carbons (Fsp3) is 0.286. The predicted octanol–water partition coefficient (Wildman–Crippen LogP) is 3.97. The number of hydrogen-bond donors (Lipinski definition) is 1. The first-order valence-electron chi connectivity index (χ1n) is 5.85. The van der Waals surface area contributed by atoms with E-state index in [1.165, 1.54) is 12.1 Å². The summed E-state index contributed by atoms with van der Waals surface area (Å²) in [5, 5.41) is 3.73. The van der Waals surface area contributed by atoms with Crippen molar-refractivity contribution in [2.45, 2.75) is 18.9 Å². The summed E-state index contributed by atoms with van der Waals surface area (Å²) in [6.45, 7) is 0. The van der Waals surface area contributed by atoms with E-state index in [1.54, 1.807) is 12.3 Å². The quantitative estimate of drug-likeness (QED) is 0.887. The molecule has 1 aromatic carbocycles. The summed E-state index contributed by atoms with van der Waals surface area (Å²) < 4.78 is 18.5. The number of furan rings is 1. The average molecular weight is 268 g/mol. The van der Waals surface area contributed by atoms with Gasteiger partial charge in [0.25, 0.3) is 0 Å². The maximum atomic E-state index is 13.3. The van der Waals surface area contributed by atoms with E-state index in [0.717, 1.165) is 24.2 Å². The highest BCUT2D eigenvalue weighted by molar-refractivity contribution is 6.31. The Hall–Kier alpha value is -1.32. The number of halogens is 2. The maximum absolute atomic E-state index is 13.3. The topological polar surface area (TPSA) is 25.2 Å². The molecule has 2 nitrogen and oxygen atoms in total. The molecule has 1 N–H and O–H groups in total. The standard InChI is InChI=1S/C14H15ClFNO/c1-17-14(7-5-11-3-2-8-18-11)12-9-10(16)4-6-13(12)15/h2-4,6,8-9,14,17H,5,7H2,1H3. The zero-order valence-electron chi connectivity index (χ0n) is 10.1. The number of hydrogen-bond acceptors (Lipinski definition) is 2. The van der Waals surface area contributed by atoms with Crippen LogP contribution in [0.4, 0.5) is 4.39 Å². The molecule has 0 bridgehead atoms. The van der Waals surface area contributed by atoms with Crippen molar-refractivity contribution in [2.24, 2.45) is 0 Å². The summed E-state index contributed by atoms with van der Waals surface area (Å²) in [4.78, 5) is 0. The van der Waals surface area contributed by atoms with Gasteiger partial charge in [0.2, 0.25) is 0 Å². The largest absolute Gasteiger partial charge is 0.469 e. The van der Waals surface area contributed by atoms with Crippen molar-refractivity contribution >= 4 is 11.6 Å². The number of rotatable bonds is 5. The van der Waals surface area contributed by atoms with E-state index in [0.29, 0.717) is 5.02 Å². The van der Waals surface area contributed by atoms with E-state index in [1.807, 2.05) is 19.2 Å². The Morgan fingerprint density at radius 1 is 1.39 bits per heavy atom. The number of aryl methyl sites for hydroxylation is 1. The zero-order chi connectivity index (χ0) is 13.0. The molecule has 0 aliphatic rings. The minimum atomic E-state index is -0.271. The van der Waals surface area contributed by atoms with Gasteiger partial charge in [-0.1, -0.05) is 11.6 Å². The van der Waals surface area contributed by atoms with Crippen LogP contribution in [0.2, 0.25) is 5.02 Å². The van der Waals surface area contributed by atoms with E-state index in [4.69, 9.17) is 16.0 Å². The molecule has 2 aromatic rings. The van der Waals surface area contributed by atoms with Gasteiger partial charge in [0, 0.05) is 17.5 Å². The summed E-state index contributed by atoms with van der Waals surface area (Å²) in [6, 6.07) is 8.23. The zero-order valence-corrected chi connectivity index (χ0v) is 10.9. The second-order valence-corrected chi connectivity index (χ2v) is 4.53. The summed E-state index contributed by atoms with van der Waals surface area (Å²) in [5.41, 5.74) is 0.783. The smallest absolute Gasteiger partial charge is 0.123 e. The first-order chi connectivity index (χ1) is 8.70. The van der Waals surface area contributed by atoms with Gasteiger partial charge in [-0.2, -0.15) is 0 Å². The van der Waals surface area contributed by atoms with Crippen molar-refractivity contribution < 1.29 is 8.81 Å². The lowest BCUT2D eigenvalue weighted by molar-refractivity contribution is 0.468. The molecule has 1 aromatic heterocycles. The minimum absolute atomic E-state index is 0.0123. The van der Waals surface area contributed by atoms with Gasteiger partial charge in [-0.15, -0.1) is 0 Å². The van der Waals surface area contributed by atoms with Crippen LogP contribution in [0.3, 0.4) is 0 Å². The lowest BCUT2D eigenvalue weighted by atomic mass is 10.0. The molecule has 0 saturated carbocycles. The molecule has 0 saturated heterocycles. The molecule has 0 radical (unpaired) electrons. The normalized spacial score (nSPS) is 12.6. The van der Waals surface area contributed by atoms with Gasteiger partial charge in [0.15, 0.2) is 0 Å². The molecule has 18 heavy (non-hydrogen) atoms. The molecular weight excluding hydrogens is 253 g/mol. The summed E-state index contributed by atoms with van der Waals surface area (Å²) in [7, 11) is 1.84. The molecule has 96 valence electrons. The highest BCUT2D eigenvalue weighted by Crippen LogP contribution is 2.27. The van der Waals surface area contributed by atoms with Gasteiger partial charge < -0.3 is 9.73 Å². The van der Waals surface area contributed by atoms with E-state index in [9.17, 15) is 4.39 Å². The molecule has 0 aliphatic heterocycles. The highest BCUT2D eigenvalue weighted by atomic mass is 35.5. The van der Waals surface area contributed by atoms with Crippen LogP contribution in [0, 0.1) is 5.82 Å². The van der Waals surface area contributed by atoms with Crippen molar-refractivity contribution in [3.05, 3.63) is 58.8 Å². The van der Waals surface area contributed by atoms with Crippen molar-refractivity contribution in [1.82, 2.24) is 5.32 Å². The Labute approximate surface area is 111 Å². The Kier molecular flexibility index (Phi) is 4.39. The van der Waals surface area contributed by atoms with Gasteiger partial charge in [0.1, 0.15) is 11.6 Å². The SMILES string of the molecule is CNC(CCc1ccco1)c1cc(F)ccc1Cl. The van der Waals surface area contributed by atoms with Crippen molar-refractivity contribution in [2.75, 3.05) is 7.05 Å². The van der Waals surface area contributed by atoms with E-state index >= 15 is 0 Å². The average Bonchev–Trinajstić information content (AvgIpc) is 2.87. The van der Waals surface area contributed by atoms with Crippen LogP contribution in [-0.4, -0.2) is 7.05 Å².